The molecule has 2 atom stereocenters. The van der Waals surface area contributed by atoms with E-state index in [2.05, 4.69) is 5.32 Å². The molecule has 0 aromatic heterocycles. The van der Waals surface area contributed by atoms with Crippen molar-refractivity contribution in [2.45, 2.75) is 31.9 Å². The Hall–Kier alpha value is -1.10. The quantitative estimate of drug-likeness (QED) is 0.820. The van der Waals surface area contributed by atoms with Gasteiger partial charge in [-0.05, 0) is 55.5 Å². The van der Waals surface area contributed by atoms with Gasteiger partial charge in [0, 0.05) is 0 Å². The van der Waals surface area contributed by atoms with E-state index in [0.29, 0.717) is 6.07 Å². The molecular formula is C14H17F4N. The molecule has 1 N–H and O–H groups in total. The van der Waals surface area contributed by atoms with Gasteiger partial charge in [-0.15, -0.1) is 0 Å². The van der Waals surface area contributed by atoms with Crippen LogP contribution in [0.25, 0.3) is 0 Å². The first-order chi connectivity index (χ1) is 8.78. The van der Waals surface area contributed by atoms with Gasteiger partial charge in [0.15, 0.2) is 0 Å². The van der Waals surface area contributed by atoms with Gasteiger partial charge in [0.25, 0.3) is 0 Å². The van der Waals surface area contributed by atoms with E-state index in [1.54, 1.807) is 0 Å². The largest absolute Gasteiger partial charge is 0.416 e. The fourth-order valence-electron chi connectivity index (χ4n) is 2.66. The van der Waals surface area contributed by atoms with Crippen LogP contribution in [-0.4, -0.2) is 13.6 Å². The van der Waals surface area contributed by atoms with Crippen molar-refractivity contribution in [2.75, 3.05) is 13.6 Å². The van der Waals surface area contributed by atoms with Gasteiger partial charge in [0.05, 0.1) is 5.56 Å². The molecule has 5 heteroatoms. The summed E-state index contributed by atoms with van der Waals surface area (Å²) in [5.74, 6) is -0.966. The molecule has 0 aliphatic heterocycles. The van der Waals surface area contributed by atoms with Gasteiger partial charge < -0.3 is 5.32 Å². The second-order valence-corrected chi connectivity index (χ2v) is 5.49. The molecule has 2 rings (SSSR count). The van der Waals surface area contributed by atoms with Gasteiger partial charge in [0.1, 0.15) is 5.82 Å². The molecule has 0 bridgehead atoms. The minimum atomic E-state index is -4.50. The molecule has 0 heterocycles. The van der Waals surface area contributed by atoms with Crippen LogP contribution in [0.3, 0.4) is 0 Å². The molecule has 0 unspecified atom stereocenters. The fourth-order valence-corrected chi connectivity index (χ4v) is 2.66. The smallest absolute Gasteiger partial charge is 0.320 e. The van der Waals surface area contributed by atoms with Crippen molar-refractivity contribution >= 4 is 0 Å². The monoisotopic (exact) mass is 275 g/mol. The molecule has 1 aromatic carbocycles. The third-order valence-corrected chi connectivity index (χ3v) is 3.99. The van der Waals surface area contributed by atoms with Crippen LogP contribution in [0.2, 0.25) is 0 Å². The van der Waals surface area contributed by atoms with E-state index < -0.39 is 17.6 Å². The highest BCUT2D eigenvalue weighted by atomic mass is 19.4. The molecule has 1 nitrogen and oxygen atoms in total. The number of hydrogen-bond acceptors (Lipinski definition) is 1. The van der Waals surface area contributed by atoms with E-state index in [1.165, 1.54) is 6.07 Å². The van der Waals surface area contributed by atoms with Crippen molar-refractivity contribution in [1.29, 1.82) is 0 Å². The van der Waals surface area contributed by atoms with Crippen LogP contribution < -0.4 is 5.32 Å². The van der Waals surface area contributed by atoms with Gasteiger partial charge in [0.2, 0.25) is 0 Å². The normalized spacial score (nSPS) is 26.5. The number of hydrogen-bond donors (Lipinski definition) is 1. The lowest BCUT2D eigenvalue weighted by Gasteiger charge is -2.16. The molecule has 0 spiro atoms. The van der Waals surface area contributed by atoms with Gasteiger partial charge in [-0.3, -0.25) is 0 Å². The van der Waals surface area contributed by atoms with E-state index in [0.717, 1.165) is 25.5 Å². The Balaban J connectivity index is 2.27. The fraction of sp³-hybridized carbons (Fsp3) is 0.571. The Morgan fingerprint density at radius 3 is 2.63 bits per heavy atom. The average Bonchev–Trinajstić information content (AvgIpc) is 2.98. The predicted octanol–water partition coefficient (Wildman–Crippen LogP) is 3.95. The second kappa shape index (κ2) is 4.78. The Morgan fingerprint density at radius 1 is 1.37 bits per heavy atom. The molecule has 1 fully saturated rings. The van der Waals surface area contributed by atoms with E-state index in [1.807, 2.05) is 14.0 Å². The zero-order valence-electron chi connectivity index (χ0n) is 10.9. The number of nitrogens with one attached hydrogen (secondary N) is 1. The first-order valence-corrected chi connectivity index (χ1v) is 6.29. The van der Waals surface area contributed by atoms with Crippen LogP contribution in [0.15, 0.2) is 18.2 Å². The van der Waals surface area contributed by atoms with E-state index in [-0.39, 0.29) is 16.9 Å². The van der Waals surface area contributed by atoms with Crippen molar-refractivity contribution in [2.24, 2.45) is 5.41 Å². The lowest BCUT2D eigenvalue weighted by atomic mass is 9.94. The maximum atomic E-state index is 13.0. The first-order valence-electron chi connectivity index (χ1n) is 6.29. The molecule has 106 valence electrons. The highest BCUT2D eigenvalue weighted by molar-refractivity contribution is 5.38. The third kappa shape index (κ3) is 2.91. The molecule has 1 aliphatic rings. The number of rotatable bonds is 4. The Bertz CT molecular complexity index is 469. The molecule has 1 saturated carbocycles. The van der Waals surface area contributed by atoms with E-state index in [9.17, 15) is 17.6 Å². The molecular weight excluding hydrogens is 258 g/mol. The average molecular weight is 275 g/mol. The van der Waals surface area contributed by atoms with Crippen LogP contribution in [0, 0.1) is 11.2 Å². The van der Waals surface area contributed by atoms with Gasteiger partial charge >= 0.3 is 6.18 Å². The summed E-state index contributed by atoms with van der Waals surface area (Å²) in [6, 6.07) is 3.00. The van der Waals surface area contributed by atoms with Gasteiger partial charge in [-0.25, -0.2) is 4.39 Å². The topological polar surface area (TPSA) is 12.0 Å². The minimum Gasteiger partial charge on any atom is -0.320 e. The van der Waals surface area contributed by atoms with Gasteiger partial charge in [-0.1, -0.05) is 13.0 Å². The summed E-state index contributed by atoms with van der Waals surface area (Å²) >= 11 is 0. The van der Waals surface area contributed by atoms with Crippen molar-refractivity contribution in [3.8, 4) is 0 Å². The zero-order valence-corrected chi connectivity index (χ0v) is 10.9. The second-order valence-electron chi connectivity index (χ2n) is 5.49. The summed E-state index contributed by atoms with van der Waals surface area (Å²) in [5.41, 5.74) is -0.709. The van der Waals surface area contributed by atoms with Crippen LogP contribution in [0.1, 0.15) is 36.8 Å². The summed E-state index contributed by atoms with van der Waals surface area (Å²) < 4.78 is 51.9. The van der Waals surface area contributed by atoms with Crippen LogP contribution in [0.4, 0.5) is 17.6 Å². The highest BCUT2D eigenvalue weighted by Crippen LogP contribution is 2.62. The molecule has 0 amide bonds. The lowest BCUT2D eigenvalue weighted by Crippen LogP contribution is -2.14. The minimum absolute atomic E-state index is 0.110. The predicted molar refractivity (Wildman–Crippen MR) is 65.4 cm³/mol. The van der Waals surface area contributed by atoms with Crippen LogP contribution in [-0.2, 0) is 6.18 Å². The standard InChI is InChI=1S/C14H17F4N/c1-13(5-6-19-2)8-12(13)10-4-3-9(15)7-11(10)14(16,17)18/h3-4,7,12,19H,5-6,8H2,1-2H3/t12-,13-/m1/s1. The van der Waals surface area contributed by atoms with Crippen LogP contribution in [0.5, 0.6) is 0 Å². The third-order valence-electron chi connectivity index (χ3n) is 3.99. The molecule has 1 aliphatic carbocycles. The maximum Gasteiger partial charge on any atom is 0.416 e. The van der Waals surface area contributed by atoms with Crippen molar-refractivity contribution < 1.29 is 17.6 Å². The summed E-state index contributed by atoms with van der Waals surface area (Å²) in [6.07, 6.45) is -2.95. The summed E-state index contributed by atoms with van der Waals surface area (Å²) in [6.45, 7) is 2.76. The Morgan fingerprint density at radius 2 is 2.05 bits per heavy atom. The van der Waals surface area contributed by atoms with Crippen LogP contribution >= 0.6 is 0 Å². The summed E-state index contributed by atoms with van der Waals surface area (Å²) in [7, 11) is 1.82. The molecule has 1 aromatic rings. The SMILES string of the molecule is CNCC[C@]1(C)C[C@@H]1c1ccc(F)cc1C(F)(F)F. The van der Waals surface area contributed by atoms with E-state index in [4.69, 9.17) is 0 Å². The maximum absolute atomic E-state index is 13.0. The molecule has 19 heavy (non-hydrogen) atoms. The van der Waals surface area contributed by atoms with Gasteiger partial charge in [-0.2, -0.15) is 13.2 Å². The number of alkyl halides is 3. The lowest BCUT2D eigenvalue weighted by molar-refractivity contribution is -0.138. The zero-order chi connectivity index (χ0) is 14.3. The highest BCUT2D eigenvalue weighted by Gasteiger charge is 2.52. The number of halogens is 4. The number of benzene rings is 1. The van der Waals surface area contributed by atoms with Crippen molar-refractivity contribution in [3.63, 3.8) is 0 Å². The first kappa shape index (κ1) is 14.3. The molecule has 0 saturated heterocycles. The molecule has 0 radical (unpaired) electrons. The Kier molecular flexibility index (Phi) is 3.60. The van der Waals surface area contributed by atoms with E-state index >= 15 is 0 Å². The summed E-state index contributed by atoms with van der Waals surface area (Å²) in [5, 5.41) is 3.01. The Labute approximate surface area is 110 Å². The van der Waals surface area contributed by atoms with Crippen molar-refractivity contribution in [3.05, 3.63) is 35.1 Å². The van der Waals surface area contributed by atoms with Crippen molar-refractivity contribution in [1.82, 2.24) is 5.32 Å². The summed E-state index contributed by atoms with van der Waals surface area (Å²) in [4.78, 5) is 0.